The van der Waals surface area contributed by atoms with Crippen LogP contribution in [0, 0.1) is 13.8 Å². The van der Waals surface area contributed by atoms with E-state index in [-0.39, 0.29) is 29.7 Å². The Hall–Kier alpha value is -3.89. The fraction of sp³-hybridized carbons (Fsp3) is 0.200. The van der Waals surface area contributed by atoms with E-state index in [0.717, 1.165) is 32.3 Å². The second-order valence-electron chi connectivity index (χ2n) is 8.97. The van der Waals surface area contributed by atoms with E-state index in [1.54, 1.807) is 48.5 Å². The maximum atomic E-state index is 12.9. The van der Waals surface area contributed by atoms with Crippen molar-refractivity contribution in [1.29, 1.82) is 0 Å². The molecule has 10 heteroatoms. The van der Waals surface area contributed by atoms with Gasteiger partial charge in [0, 0.05) is 15.7 Å². The molecule has 1 saturated heterocycles. The Kier molecular flexibility index (Phi) is 9.44. The van der Waals surface area contributed by atoms with Crippen LogP contribution in [0.3, 0.4) is 0 Å². The maximum absolute atomic E-state index is 12.9. The number of hydrogen-bond donors (Lipinski definition) is 1. The van der Waals surface area contributed by atoms with Crippen LogP contribution in [0.4, 0.5) is 10.5 Å². The number of amides is 3. The Bertz CT molecular complexity index is 1500. The van der Waals surface area contributed by atoms with Gasteiger partial charge in [0.25, 0.3) is 17.1 Å². The zero-order valence-corrected chi connectivity index (χ0v) is 24.6. The molecule has 3 aromatic carbocycles. The van der Waals surface area contributed by atoms with Gasteiger partial charge in [-0.1, -0.05) is 40.2 Å². The summed E-state index contributed by atoms with van der Waals surface area (Å²) in [5, 5.41) is 2.30. The zero-order chi connectivity index (χ0) is 28.8. The van der Waals surface area contributed by atoms with E-state index in [1.807, 2.05) is 39.0 Å². The van der Waals surface area contributed by atoms with E-state index >= 15 is 0 Å². The third-order valence-corrected chi connectivity index (χ3v) is 7.49. The second kappa shape index (κ2) is 13.0. The van der Waals surface area contributed by atoms with Crippen molar-refractivity contribution in [2.24, 2.45) is 0 Å². The Morgan fingerprint density at radius 1 is 0.950 bits per heavy atom. The fourth-order valence-electron chi connectivity index (χ4n) is 3.82. The first-order valence-electron chi connectivity index (χ1n) is 12.5. The molecule has 3 amide bonds. The SMILES string of the molecule is CCOc1cc(/C=C2/SC(=O)N(CC(=O)c3ccc(Br)cc3)C2=O)ccc1OCC(=O)Nc1ccc(C)c(C)c1. The summed E-state index contributed by atoms with van der Waals surface area (Å²) in [5.41, 5.74) is 3.90. The maximum Gasteiger partial charge on any atom is 0.293 e. The van der Waals surface area contributed by atoms with Crippen LogP contribution >= 0.6 is 27.7 Å². The molecular formula is C30H27BrN2O6S. The number of halogens is 1. The average Bonchev–Trinajstić information content (AvgIpc) is 3.18. The molecule has 40 heavy (non-hydrogen) atoms. The van der Waals surface area contributed by atoms with Crippen molar-refractivity contribution in [3.63, 3.8) is 0 Å². The number of nitrogens with one attached hydrogen (secondary N) is 1. The largest absolute Gasteiger partial charge is 0.490 e. The molecule has 1 heterocycles. The fourth-order valence-corrected chi connectivity index (χ4v) is 4.92. The summed E-state index contributed by atoms with van der Waals surface area (Å²) in [6, 6.07) is 17.4. The minimum absolute atomic E-state index is 0.192. The van der Waals surface area contributed by atoms with E-state index < -0.39 is 11.1 Å². The monoisotopic (exact) mass is 622 g/mol. The lowest BCUT2D eigenvalue weighted by molar-refractivity contribution is -0.122. The van der Waals surface area contributed by atoms with Crippen LogP contribution in [0.5, 0.6) is 11.5 Å². The number of carbonyl (C=O) groups excluding carboxylic acids is 4. The predicted octanol–water partition coefficient (Wildman–Crippen LogP) is 6.40. The van der Waals surface area contributed by atoms with Crippen LogP contribution < -0.4 is 14.8 Å². The Balaban J connectivity index is 1.42. The molecule has 0 radical (unpaired) electrons. The summed E-state index contributed by atoms with van der Waals surface area (Å²) in [7, 11) is 0. The number of ether oxygens (including phenoxy) is 2. The van der Waals surface area contributed by atoms with Crippen LogP contribution in [0.2, 0.25) is 0 Å². The van der Waals surface area contributed by atoms with Crippen molar-refractivity contribution in [2.75, 3.05) is 25.1 Å². The molecule has 3 aromatic rings. The van der Waals surface area contributed by atoms with Crippen LogP contribution in [-0.2, 0) is 9.59 Å². The molecule has 0 bridgehead atoms. The van der Waals surface area contributed by atoms with Gasteiger partial charge in [0.2, 0.25) is 0 Å². The van der Waals surface area contributed by atoms with Gasteiger partial charge in [0.1, 0.15) is 0 Å². The van der Waals surface area contributed by atoms with Crippen LogP contribution in [0.25, 0.3) is 6.08 Å². The highest BCUT2D eigenvalue weighted by Gasteiger charge is 2.36. The third kappa shape index (κ3) is 7.19. The number of imide groups is 1. The summed E-state index contributed by atoms with van der Waals surface area (Å²) in [5.74, 6) is -0.442. The number of hydrogen-bond acceptors (Lipinski definition) is 7. The molecule has 1 aliphatic heterocycles. The number of aryl methyl sites for hydroxylation is 2. The van der Waals surface area contributed by atoms with E-state index in [1.165, 1.54) is 0 Å². The molecule has 0 aliphatic carbocycles. The van der Waals surface area contributed by atoms with Crippen LogP contribution in [0.1, 0.15) is 34.0 Å². The number of thioether (sulfide) groups is 1. The van der Waals surface area contributed by atoms with Crippen molar-refractivity contribution in [3.05, 3.63) is 92.3 Å². The lowest BCUT2D eigenvalue weighted by Gasteiger charge is -2.13. The summed E-state index contributed by atoms with van der Waals surface area (Å²) in [4.78, 5) is 51.7. The average molecular weight is 624 g/mol. The summed E-state index contributed by atoms with van der Waals surface area (Å²) in [6.45, 7) is 5.57. The third-order valence-electron chi connectivity index (χ3n) is 6.06. The smallest absolute Gasteiger partial charge is 0.293 e. The topological polar surface area (TPSA) is 102 Å². The van der Waals surface area contributed by atoms with E-state index in [4.69, 9.17) is 9.47 Å². The number of rotatable bonds is 10. The van der Waals surface area contributed by atoms with Gasteiger partial charge in [-0.25, -0.2) is 0 Å². The van der Waals surface area contributed by atoms with Gasteiger partial charge < -0.3 is 14.8 Å². The molecule has 1 aliphatic rings. The highest BCUT2D eigenvalue weighted by molar-refractivity contribution is 9.10. The first-order chi connectivity index (χ1) is 19.1. The highest BCUT2D eigenvalue weighted by atomic mass is 79.9. The molecular weight excluding hydrogens is 596 g/mol. The second-order valence-corrected chi connectivity index (χ2v) is 10.9. The number of Topliss-reactive ketones (excluding diaryl/α,β-unsaturated/α-hetero) is 1. The summed E-state index contributed by atoms with van der Waals surface area (Å²) >= 11 is 4.09. The van der Waals surface area contributed by atoms with Gasteiger partial charge >= 0.3 is 0 Å². The molecule has 1 fully saturated rings. The molecule has 4 rings (SSSR count). The minimum atomic E-state index is -0.540. The van der Waals surface area contributed by atoms with Gasteiger partial charge in [-0.2, -0.15) is 0 Å². The highest BCUT2D eigenvalue weighted by Crippen LogP contribution is 2.35. The van der Waals surface area contributed by atoms with Crippen LogP contribution in [-0.4, -0.2) is 47.5 Å². The van der Waals surface area contributed by atoms with Crippen molar-refractivity contribution >= 4 is 62.3 Å². The lowest BCUT2D eigenvalue weighted by Crippen LogP contribution is -2.33. The van der Waals surface area contributed by atoms with Crippen molar-refractivity contribution in [2.45, 2.75) is 20.8 Å². The Labute approximate surface area is 244 Å². The molecule has 0 aromatic heterocycles. The Morgan fingerprint density at radius 2 is 1.70 bits per heavy atom. The van der Waals surface area contributed by atoms with Crippen molar-refractivity contribution in [3.8, 4) is 11.5 Å². The molecule has 1 N–H and O–H groups in total. The first kappa shape index (κ1) is 29.1. The quantitative estimate of drug-likeness (QED) is 0.206. The first-order valence-corrected chi connectivity index (χ1v) is 14.1. The predicted molar refractivity (Wildman–Crippen MR) is 159 cm³/mol. The molecule has 8 nitrogen and oxygen atoms in total. The molecule has 0 atom stereocenters. The number of benzene rings is 3. The number of carbonyl (C=O) groups is 4. The van der Waals surface area contributed by atoms with E-state index in [9.17, 15) is 19.2 Å². The molecule has 206 valence electrons. The van der Waals surface area contributed by atoms with Gasteiger partial charge in [-0.05, 0) is 91.7 Å². The normalized spacial score (nSPS) is 14.0. The number of anilines is 1. The minimum Gasteiger partial charge on any atom is -0.490 e. The Morgan fingerprint density at radius 3 is 2.40 bits per heavy atom. The molecule has 0 spiro atoms. The number of nitrogens with zero attached hydrogens (tertiary/aromatic N) is 1. The standard InChI is InChI=1S/C30H27BrN2O6S/c1-4-38-26-14-20(6-12-25(26)39-17-28(35)32-23-11-5-18(2)19(3)13-23)15-27-29(36)33(30(37)40-27)16-24(34)21-7-9-22(31)10-8-21/h5-15H,4,16-17H2,1-3H3,(H,32,35)/b27-15+. The van der Waals surface area contributed by atoms with Gasteiger partial charge in [-0.3, -0.25) is 24.1 Å². The van der Waals surface area contributed by atoms with Gasteiger partial charge in [0.15, 0.2) is 23.9 Å². The lowest BCUT2D eigenvalue weighted by atomic mass is 10.1. The molecule has 0 unspecified atom stereocenters. The van der Waals surface area contributed by atoms with Crippen molar-refractivity contribution < 1.29 is 28.7 Å². The van der Waals surface area contributed by atoms with Crippen LogP contribution in [0.15, 0.2) is 70.0 Å². The van der Waals surface area contributed by atoms with E-state index in [2.05, 4.69) is 21.2 Å². The summed E-state index contributed by atoms with van der Waals surface area (Å²) in [6.07, 6.45) is 1.56. The zero-order valence-electron chi connectivity index (χ0n) is 22.2. The number of ketones is 1. The van der Waals surface area contributed by atoms with Gasteiger partial charge in [-0.15, -0.1) is 0 Å². The summed E-state index contributed by atoms with van der Waals surface area (Å²) < 4.78 is 12.2. The van der Waals surface area contributed by atoms with Gasteiger partial charge in [0.05, 0.1) is 18.1 Å². The van der Waals surface area contributed by atoms with E-state index in [0.29, 0.717) is 34.9 Å². The van der Waals surface area contributed by atoms with Crippen molar-refractivity contribution in [1.82, 2.24) is 4.90 Å². The molecule has 0 saturated carbocycles.